The molecule has 6 rings (SSSR count). The van der Waals surface area contributed by atoms with E-state index in [1.807, 2.05) is 6.07 Å². The average molecular weight is 359 g/mol. The number of hydrogen-bond acceptors (Lipinski definition) is 2. The van der Waals surface area contributed by atoms with Crippen LogP contribution in [0.2, 0.25) is 0 Å². The van der Waals surface area contributed by atoms with E-state index >= 15 is 0 Å². The summed E-state index contributed by atoms with van der Waals surface area (Å²) in [6.07, 6.45) is 0. The maximum Gasteiger partial charge on any atom is 0.136 e. The standard InChI is InChI=1S/C26H17NO/c1-2-6-18-13-21(10-9-17(18)5-1)27-22-11-12-25-24(16-22)23-14-19-7-3-4-8-20(19)15-26(23)28-25/h1-16,27H. The van der Waals surface area contributed by atoms with Gasteiger partial charge in [-0.05, 0) is 64.0 Å². The van der Waals surface area contributed by atoms with Crippen LogP contribution in [-0.4, -0.2) is 0 Å². The van der Waals surface area contributed by atoms with E-state index in [1.165, 1.54) is 21.5 Å². The summed E-state index contributed by atoms with van der Waals surface area (Å²) in [6.45, 7) is 0. The van der Waals surface area contributed by atoms with E-state index < -0.39 is 0 Å². The van der Waals surface area contributed by atoms with Crippen LogP contribution in [0.15, 0.2) is 101 Å². The molecule has 2 heteroatoms. The first-order chi connectivity index (χ1) is 13.8. The fourth-order valence-electron chi connectivity index (χ4n) is 3.97. The summed E-state index contributed by atoms with van der Waals surface area (Å²) in [7, 11) is 0. The minimum absolute atomic E-state index is 0.911. The van der Waals surface area contributed by atoms with Crippen LogP contribution in [0.25, 0.3) is 43.5 Å². The molecule has 0 unspecified atom stereocenters. The second kappa shape index (κ2) is 5.86. The molecule has 1 heterocycles. The normalized spacial score (nSPS) is 11.6. The predicted molar refractivity (Wildman–Crippen MR) is 118 cm³/mol. The molecule has 0 aliphatic heterocycles. The van der Waals surface area contributed by atoms with Crippen LogP contribution in [0.5, 0.6) is 0 Å². The largest absolute Gasteiger partial charge is 0.456 e. The molecule has 0 aliphatic carbocycles. The number of furan rings is 1. The summed E-state index contributed by atoms with van der Waals surface area (Å²) in [4.78, 5) is 0. The number of fused-ring (bicyclic) bond motifs is 5. The third kappa shape index (κ3) is 2.43. The van der Waals surface area contributed by atoms with Crippen molar-refractivity contribution in [3.63, 3.8) is 0 Å². The van der Waals surface area contributed by atoms with Crippen molar-refractivity contribution in [2.75, 3.05) is 5.32 Å². The van der Waals surface area contributed by atoms with Gasteiger partial charge in [0.15, 0.2) is 0 Å². The maximum absolute atomic E-state index is 6.10. The highest BCUT2D eigenvalue weighted by Crippen LogP contribution is 2.34. The van der Waals surface area contributed by atoms with Crippen LogP contribution in [0.4, 0.5) is 11.4 Å². The molecule has 132 valence electrons. The van der Waals surface area contributed by atoms with E-state index in [-0.39, 0.29) is 0 Å². The van der Waals surface area contributed by atoms with Crippen molar-refractivity contribution in [2.45, 2.75) is 0 Å². The monoisotopic (exact) mass is 359 g/mol. The van der Waals surface area contributed by atoms with Gasteiger partial charge < -0.3 is 9.73 Å². The van der Waals surface area contributed by atoms with Gasteiger partial charge in [0.25, 0.3) is 0 Å². The molecule has 2 nitrogen and oxygen atoms in total. The van der Waals surface area contributed by atoms with Gasteiger partial charge in [0.2, 0.25) is 0 Å². The zero-order chi connectivity index (χ0) is 18.5. The Morgan fingerprint density at radius 2 is 1.07 bits per heavy atom. The van der Waals surface area contributed by atoms with Crippen LogP contribution in [0.3, 0.4) is 0 Å². The van der Waals surface area contributed by atoms with E-state index in [9.17, 15) is 0 Å². The lowest BCUT2D eigenvalue weighted by Crippen LogP contribution is -1.89. The van der Waals surface area contributed by atoms with E-state index in [0.29, 0.717) is 0 Å². The molecular weight excluding hydrogens is 342 g/mol. The SMILES string of the molecule is c1ccc2cc(Nc3ccc4oc5cc6ccccc6cc5c4c3)ccc2c1. The minimum Gasteiger partial charge on any atom is -0.456 e. The summed E-state index contributed by atoms with van der Waals surface area (Å²) in [5.41, 5.74) is 3.97. The second-order valence-corrected chi connectivity index (χ2v) is 7.20. The Morgan fingerprint density at radius 1 is 0.464 bits per heavy atom. The molecule has 0 fully saturated rings. The Kier molecular flexibility index (Phi) is 3.20. The molecule has 0 amide bonds. The van der Waals surface area contributed by atoms with Crippen LogP contribution < -0.4 is 5.32 Å². The summed E-state index contributed by atoms with van der Waals surface area (Å²) >= 11 is 0. The summed E-state index contributed by atoms with van der Waals surface area (Å²) < 4.78 is 6.10. The molecule has 28 heavy (non-hydrogen) atoms. The summed E-state index contributed by atoms with van der Waals surface area (Å²) in [5, 5.41) is 10.7. The highest BCUT2D eigenvalue weighted by atomic mass is 16.3. The predicted octanol–water partition coefficient (Wildman–Crippen LogP) is 7.64. The zero-order valence-corrected chi connectivity index (χ0v) is 15.1. The lowest BCUT2D eigenvalue weighted by Gasteiger charge is -2.08. The van der Waals surface area contributed by atoms with Gasteiger partial charge >= 0.3 is 0 Å². The Bertz CT molecular complexity index is 1490. The van der Waals surface area contributed by atoms with Crippen LogP contribution >= 0.6 is 0 Å². The van der Waals surface area contributed by atoms with Gasteiger partial charge in [0.05, 0.1) is 0 Å². The molecule has 6 aromatic rings. The molecule has 0 atom stereocenters. The lowest BCUT2D eigenvalue weighted by atomic mass is 10.1. The first kappa shape index (κ1) is 15.3. The smallest absolute Gasteiger partial charge is 0.136 e. The van der Waals surface area contributed by atoms with Crippen molar-refractivity contribution in [1.82, 2.24) is 0 Å². The van der Waals surface area contributed by atoms with Gasteiger partial charge in [-0.1, -0.05) is 54.6 Å². The van der Waals surface area contributed by atoms with Gasteiger partial charge in [0.1, 0.15) is 11.2 Å². The van der Waals surface area contributed by atoms with Gasteiger partial charge in [-0.2, -0.15) is 0 Å². The van der Waals surface area contributed by atoms with Gasteiger partial charge in [-0.3, -0.25) is 0 Å². The fraction of sp³-hybridized carbons (Fsp3) is 0. The van der Waals surface area contributed by atoms with Gasteiger partial charge in [0, 0.05) is 22.1 Å². The third-order valence-corrected chi connectivity index (χ3v) is 5.38. The maximum atomic E-state index is 6.10. The van der Waals surface area contributed by atoms with Crippen LogP contribution in [0, 0.1) is 0 Å². The van der Waals surface area contributed by atoms with Crippen molar-refractivity contribution >= 4 is 54.9 Å². The van der Waals surface area contributed by atoms with Crippen LogP contribution in [0.1, 0.15) is 0 Å². The Labute approximate surface area is 162 Å². The zero-order valence-electron chi connectivity index (χ0n) is 15.1. The first-order valence-electron chi connectivity index (χ1n) is 9.44. The Morgan fingerprint density at radius 3 is 1.89 bits per heavy atom. The highest BCUT2D eigenvalue weighted by molar-refractivity contribution is 6.10. The van der Waals surface area contributed by atoms with E-state index in [4.69, 9.17) is 4.42 Å². The molecular formula is C26H17NO. The van der Waals surface area contributed by atoms with Crippen LogP contribution in [-0.2, 0) is 0 Å². The van der Waals surface area contributed by atoms with Crippen molar-refractivity contribution in [3.05, 3.63) is 97.1 Å². The van der Waals surface area contributed by atoms with Gasteiger partial charge in [-0.15, -0.1) is 0 Å². The van der Waals surface area contributed by atoms with Gasteiger partial charge in [-0.25, -0.2) is 0 Å². The number of benzene rings is 5. The number of anilines is 2. The minimum atomic E-state index is 0.911. The van der Waals surface area contributed by atoms with Crippen molar-refractivity contribution < 1.29 is 4.42 Å². The summed E-state index contributed by atoms with van der Waals surface area (Å²) in [6, 6.07) is 33.9. The van der Waals surface area contributed by atoms with E-state index in [1.54, 1.807) is 0 Å². The molecule has 0 saturated carbocycles. The third-order valence-electron chi connectivity index (χ3n) is 5.38. The molecule has 0 spiro atoms. The van der Waals surface area contributed by atoms with Crippen molar-refractivity contribution in [1.29, 1.82) is 0 Å². The number of hydrogen-bond donors (Lipinski definition) is 1. The molecule has 0 bridgehead atoms. The molecule has 1 aromatic heterocycles. The van der Waals surface area contributed by atoms with E-state index in [2.05, 4.69) is 96.3 Å². The summed E-state index contributed by atoms with van der Waals surface area (Å²) in [5.74, 6) is 0. The van der Waals surface area contributed by atoms with Crippen molar-refractivity contribution in [2.24, 2.45) is 0 Å². The molecule has 1 N–H and O–H groups in total. The Hall–Kier alpha value is -3.78. The highest BCUT2D eigenvalue weighted by Gasteiger charge is 2.09. The topological polar surface area (TPSA) is 25.2 Å². The molecule has 0 aliphatic rings. The fourth-order valence-corrected chi connectivity index (χ4v) is 3.97. The molecule has 0 saturated heterocycles. The molecule has 0 radical (unpaired) electrons. The molecule has 5 aromatic carbocycles. The number of rotatable bonds is 2. The quantitative estimate of drug-likeness (QED) is 0.344. The average Bonchev–Trinajstić information content (AvgIpc) is 3.09. The Balaban J connectivity index is 1.47. The number of nitrogens with one attached hydrogen (secondary N) is 1. The lowest BCUT2D eigenvalue weighted by molar-refractivity contribution is 0.669. The van der Waals surface area contributed by atoms with E-state index in [0.717, 1.165) is 33.3 Å². The second-order valence-electron chi connectivity index (χ2n) is 7.20. The first-order valence-corrected chi connectivity index (χ1v) is 9.44. The van der Waals surface area contributed by atoms with Crippen molar-refractivity contribution in [3.8, 4) is 0 Å².